The quantitative estimate of drug-likeness (QED) is 0.361. The van der Waals surface area contributed by atoms with Gasteiger partial charge in [-0.1, -0.05) is 48.5 Å². The van der Waals surface area contributed by atoms with Crippen molar-refractivity contribution in [2.24, 2.45) is 5.10 Å². The number of benzene rings is 2. The first kappa shape index (κ1) is 16.9. The molecule has 132 valence electrons. The molecule has 6 heteroatoms. The van der Waals surface area contributed by atoms with E-state index in [0.717, 1.165) is 22.0 Å². The summed E-state index contributed by atoms with van der Waals surface area (Å²) in [6, 6.07) is 23.3. The van der Waals surface area contributed by atoms with Crippen molar-refractivity contribution >= 4 is 22.7 Å². The van der Waals surface area contributed by atoms with E-state index in [9.17, 15) is 0 Å². The van der Waals surface area contributed by atoms with E-state index in [2.05, 4.69) is 20.5 Å². The van der Waals surface area contributed by atoms with Gasteiger partial charge in [-0.2, -0.15) is 5.10 Å². The van der Waals surface area contributed by atoms with Gasteiger partial charge in [-0.05, 0) is 23.8 Å². The lowest BCUT2D eigenvalue weighted by Crippen LogP contribution is -1.91. The lowest BCUT2D eigenvalue weighted by molar-refractivity contribution is 0.463. The third-order valence-electron chi connectivity index (χ3n) is 3.67. The molecule has 4 aromatic rings. The number of pyridine rings is 1. The minimum Gasteiger partial charge on any atom is -0.439 e. The molecule has 0 aliphatic carbocycles. The van der Waals surface area contributed by atoms with E-state index in [4.69, 9.17) is 4.74 Å². The van der Waals surface area contributed by atoms with Crippen molar-refractivity contribution in [2.45, 2.75) is 0 Å². The molecule has 0 amide bonds. The molecule has 0 aliphatic heterocycles. The Morgan fingerprint density at radius 2 is 1.85 bits per heavy atom. The van der Waals surface area contributed by atoms with Crippen LogP contribution in [-0.2, 0) is 0 Å². The van der Waals surface area contributed by atoms with Crippen molar-refractivity contribution in [1.82, 2.24) is 9.97 Å². The fourth-order valence-electron chi connectivity index (χ4n) is 2.42. The summed E-state index contributed by atoms with van der Waals surface area (Å²) in [7, 11) is 0. The van der Waals surface area contributed by atoms with Crippen molar-refractivity contribution in [3.63, 3.8) is 0 Å². The number of hydrogen-bond donors (Lipinski definition) is 1. The van der Waals surface area contributed by atoms with E-state index in [1.54, 1.807) is 12.4 Å². The van der Waals surface area contributed by atoms with E-state index in [1.807, 2.05) is 78.2 Å². The molecule has 0 saturated heterocycles. The third kappa shape index (κ3) is 4.56. The summed E-state index contributed by atoms with van der Waals surface area (Å²) in [5.74, 6) is 1.26. The largest absolute Gasteiger partial charge is 0.439 e. The van der Waals surface area contributed by atoms with Crippen molar-refractivity contribution in [1.29, 1.82) is 0 Å². The maximum Gasteiger partial charge on any atom is 0.219 e. The van der Waals surface area contributed by atoms with E-state index in [1.165, 1.54) is 11.3 Å². The van der Waals surface area contributed by atoms with Crippen LogP contribution in [0.4, 0.5) is 5.13 Å². The molecular weight excluding hydrogens is 356 g/mol. The molecule has 0 saturated carbocycles. The summed E-state index contributed by atoms with van der Waals surface area (Å²) < 4.78 is 5.73. The smallest absolute Gasteiger partial charge is 0.219 e. The SMILES string of the molecule is C(=NNc1nc(-c2ccccc2)cs1)c1cccc(Oc2ccccn2)c1. The number of hydrogen-bond acceptors (Lipinski definition) is 6. The Bertz CT molecular complexity index is 1030. The maximum absolute atomic E-state index is 5.73. The van der Waals surface area contributed by atoms with Crippen molar-refractivity contribution in [3.05, 3.63) is 89.9 Å². The molecular formula is C21H16N4OS. The van der Waals surface area contributed by atoms with E-state index in [-0.39, 0.29) is 0 Å². The second kappa shape index (κ2) is 8.25. The molecule has 2 heterocycles. The Balaban J connectivity index is 1.40. The molecule has 0 aliphatic rings. The zero-order chi connectivity index (χ0) is 18.3. The van der Waals surface area contributed by atoms with Crippen LogP contribution in [0.3, 0.4) is 0 Å². The highest BCUT2D eigenvalue weighted by Gasteiger charge is 2.03. The van der Waals surface area contributed by atoms with Crippen molar-refractivity contribution < 1.29 is 4.74 Å². The van der Waals surface area contributed by atoms with Crippen LogP contribution in [0.15, 0.2) is 89.5 Å². The maximum atomic E-state index is 5.73. The highest BCUT2D eigenvalue weighted by atomic mass is 32.1. The zero-order valence-corrected chi connectivity index (χ0v) is 15.1. The van der Waals surface area contributed by atoms with Gasteiger partial charge in [-0.3, -0.25) is 5.43 Å². The van der Waals surface area contributed by atoms with Crippen LogP contribution in [0.1, 0.15) is 5.56 Å². The first-order valence-corrected chi connectivity index (χ1v) is 9.24. The summed E-state index contributed by atoms with van der Waals surface area (Å²) >= 11 is 1.52. The number of rotatable bonds is 6. The second-order valence-electron chi connectivity index (χ2n) is 5.62. The molecule has 0 atom stereocenters. The minimum absolute atomic E-state index is 0.556. The Kier molecular flexibility index (Phi) is 5.17. The van der Waals surface area contributed by atoms with Crippen LogP contribution in [0, 0.1) is 0 Å². The van der Waals surface area contributed by atoms with Crippen molar-refractivity contribution in [2.75, 3.05) is 5.43 Å². The average molecular weight is 372 g/mol. The number of ether oxygens (including phenoxy) is 1. The van der Waals surface area contributed by atoms with Crippen LogP contribution >= 0.6 is 11.3 Å². The predicted octanol–water partition coefficient (Wildman–Crippen LogP) is 5.44. The highest BCUT2D eigenvalue weighted by molar-refractivity contribution is 7.14. The number of nitrogens with zero attached hydrogens (tertiary/aromatic N) is 3. The Hall–Kier alpha value is -3.51. The molecule has 27 heavy (non-hydrogen) atoms. The number of anilines is 1. The minimum atomic E-state index is 0.556. The average Bonchev–Trinajstić information content (AvgIpc) is 3.19. The summed E-state index contributed by atoms with van der Waals surface area (Å²) in [4.78, 5) is 8.70. The Labute approximate surface area is 161 Å². The molecule has 2 aromatic carbocycles. The standard InChI is InChI=1S/C21H16N4OS/c1-2-8-17(9-3-1)19-15-27-21(24-19)25-23-14-16-7-6-10-18(13-16)26-20-11-4-5-12-22-20/h1-15H,(H,24,25). The van der Waals surface area contributed by atoms with E-state index < -0.39 is 0 Å². The van der Waals surface area contributed by atoms with Crippen LogP contribution in [0.25, 0.3) is 11.3 Å². The molecule has 0 radical (unpaired) electrons. The van der Waals surface area contributed by atoms with Gasteiger partial charge < -0.3 is 4.74 Å². The van der Waals surface area contributed by atoms with Crippen molar-refractivity contribution in [3.8, 4) is 22.9 Å². The number of aromatic nitrogens is 2. The van der Waals surface area contributed by atoms with Gasteiger partial charge in [0, 0.05) is 23.2 Å². The third-order valence-corrected chi connectivity index (χ3v) is 4.41. The molecule has 2 aromatic heterocycles. The summed E-state index contributed by atoms with van der Waals surface area (Å²) in [5, 5.41) is 7.02. The van der Waals surface area contributed by atoms with Gasteiger partial charge >= 0.3 is 0 Å². The molecule has 1 N–H and O–H groups in total. The lowest BCUT2D eigenvalue weighted by atomic mass is 10.2. The number of thiazole rings is 1. The fourth-order valence-corrected chi connectivity index (χ4v) is 3.08. The lowest BCUT2D eigenvalue weighted by Gasteiger charge is -2.04. The van der Waals surface area contributed by atoms with Gasteiger partial charge in [0.05, 0.1) is 11.9 Å². The predicted molar refractivity (Wildman–Crippen MR) is 110 cm³/mol. The van der Waals surface area contributed by atoms with E-state index >= 15 is 0 Å². The molecule has 0 spiro atoms. The summed E-state index contributed by atoms with van der Waals surface area (Å²) in [5.41, 5.74) is 5.91. The van der Waals surface area contributed by atoms with Crippen LogP contribution in [0.2, 0.25) is 0 Å². The van der Waals surface area contributed by atoms with Gasteiger partial charge in [0.15, 0.2) is 0 Å². The molecule has 0 unspecified atom stereocenters. The normalized spacial score (nSPS) is 10.8. The molecule has 4 rings (SSSR count). The number of hydrazone groups is 1. The second-order valence-corrected chi connectivity index (χ2v) is 6.47. The van der Waals surface area contributed by atoms with Gasteiger partial charge in [-0.25, -0.2) is 9.97 Å². The first-order valence-electron chi connectivity index (χ1n) is 8.36. The molecule has 5 nitrogen and oxygen atoms in total. The monoisotopic (exact) mass is 372 g/mol. The van der Waals surface area contributed by atoms with Crippen LogP contribution in [-0.4, -0.2) is 16.2 Å². The van der Waals surface area contributed by atoms with E-state index in [0.29, 0.717) is 11.6 Å². The summed E-state index contributed by atoms with van der Waals surface area (Å²) in [6.07, 6.45) is 3.43. The number of nitrogens with one attached hydrogen (secondary N) is 1. The topological polar surface area (TPSA) is 59.4 Å². The zero-order valence-electron chi connectivity index (χ0n) is 14.3. The fraction of sp³-hybridized carbons (Fsp3) is 0. The highest BCUT2D eigenvalue weighted by Crippen LogP contribution is 2.24. The summed E-state index contributed by atoms with van der Waals surface area (Å²) in [6.45, 7) is 0. The Morgan fingerprint density at radius 1 is 0.963 bits per heavy atom. The Morgan fingerprint density at radius 3 is 2.70 bits per heavy atom. The first-order chi connectivity index (χ1) is 13.4. The van der Waals surface area contributed by atoms with Gasteiger partial charge in [0.1, 0.15) is 5.75 Å². The molecule has 0 fully saturated rings. The van der Waals surface area contributed by atoms with Gasteiger partial charge in [0.2, 0.25) is 11.0 Å². The van der Waals surface area contributed by atoms with Gasteiger partial charge in [-0.15, -0.1) is 11.3 Å². The van der Waals surface area contributed by atoms with Gasteiger partial charge in [0.25, 0.3) is 0 Å². The van der Waals surface area contributed by atoms with Crippen LogP contribution < -0.4 is 10.2 Å². The van der Waals surface area contributed by atoms with Crippen LogP contribution in [0.5, 0.6) is 11.6 Å². The molecule has 0 bridgehead atoms.